The van der Waals surface area contributed by atoms with E-state index in [1.165, 1.54) is 5.56 Å². The Morgan fingerprint density at radius 1 is 1.29 bits per heavy atom. The number of hydrogen-bond acceptors (Lipinski definition) is 6. The van der Waals surface area contributed by atoms with Crippen LogP contribution < -0.4 is 10.5 Å². The van der Waals surface area contributed by atoms with Gasteiger partial charge in [0.05, 0.1) is 17.7 Å². The summed E-state index contributed by atoms with van der Waals surface area (Å²) in [7, 11) is 0. The summed E-state index contributed by atoms with van der Waals surface area (Å²) in [5.74, 6) is 0.909. The number of aryl methyl sites for hydroxylation is 1. The van der Waals surface area contributed by atoms with Gasteiger partial charge in [-0.1, -0.05) is 6.07 Å². The van der Waals surface area contributed by atoms with E-state index < -0.39 is 0 Å². The molecule has 0 radical (unpaired) electrons. The van der Waals surface area contributed by atoms with Gasteiger partial charge in [-0.15, -0.1) is 0 Å². The average Bonchev–Trinajstić information content (AvgIpc) is 2.45. The third-order valence-electron chi connectivity index (χ3n) is 3.50. The Hall–Kier alpha value is -2.24. The average molecular weight is 285 g/mol. The molecule has 6 heteroatoms. The van der Waals surface area contributed by atoms with Gasteiger partial charge in [0.15, 0.2) is 0 Å². The van der Waals surface area contributed by atoms with Crippen LogP contribution in [0, 0.1) is 0 Å². The molecule has 0 spiro atoms. The monoisotopic (exact) mass is 285 g/mol. The van der Waals surface area contributed by atoms with Gasteiger partial charge >= 0.3 is 6.01 Å². The van der Waals surface area contributed by atoms with E-state index in [-0.39, 0.29) is 24.0 Å². The third kappa shape index (κ3) is 2.94. The van der Waals surface area contributed by atoms with E-state index in [4.69, 9.17) is 10.5 Å². The van der Waals surface area contributed by atoms with E-state index in [1.54, 1.807) is 0 Å². The second-order valence-electron chi connectivity index (χ2n) is 5.49. The number of nitrogens with zero attached hydrogens (tertiary/aromatic N) is 4. The van der Waals surface area contributed by atoms with Gasteiger partial charge in [-0.2, -0.15) is 15.0 Å². The summed E-state index contributed by atoms with van der Waals surface area (Å²) in [5.41, 5.74) is 8.11. The largest absolute Gasteiger partial charge is 0.461 e. The first kappa shape index (κ1) is 13.7. The van der Waals surface area contributed by atoms with E-state index in [1.807, 2.05) is 26.1 Å². The van der Waals surface area contributed by atoms with Crippen LogP contribution in [0.1, 0.15) is 49.7 Å². The molecule has 0 fully saturated rings. The fourth-order valence-electron chi connectivity index (χ4n) is 2.67. The zero-order valence-corrected chi connectivity index (χ0v) is 12.3. The predicted octanol–water partition coefficient (Wildman–Crippen LogP) is 2.10. The summed E-state index contributed by atoms with van der Waals surface area (Å²) in [5, 5.41) is 0. The lowest BCUT2D eigenvalue weighted by atomic mass is 9.86. The summed E-state index contributed by atoms with van der Waals surface area (Å²) >= 11 is 0. The molecular formula is C15H19N5O. The molecule has 0 bridgehead atoms. The lowest BCUT2D eigenvalue weighted by molar-refractivity contribution is 0.220. The van der Waals surface area contributed by atoms with Crippen LogP contribution in [0.3, 0.4) is 0 Å². The number of nitrogens with two attached hydrogens (primary N) is 1. The van der Waals surface area contributed by atoms with Gasteiger partial charge in [-0.3, -0.25) is 4.98 Å². The highest BCUT2D eigenvalue weighted by molar-refractivity contribution is 5.32. The van der Waals surface area contributed by atoms with Crippen LogP contribution >= 0.6 is 0 Å². The third-order valence-corrected chi connectivity index (χ3v) is 3.50. The Bertz CT molecular complexity index is 644. The molecule has 0 aromatic carbocycles. The molecule has 1 aliphatic carbocycles. The van der Waals surface area contributed by atoms with Gasteiger partial charge in [0.25, 0.3) is 0 Å². The summed E-state index contributed by atoms with van der Waals surface area (Å²) in [6, 6.07) is 4.37. The van der Waals surface area contributed by atoms with Gasteiger partial charge < -0.3 is 10.5 Å². The molecule has 1 aliphatic rings. The zero-order valence-electron chi connectivity index (χ0n) is 12.3. The lowest BCUT2D eigenvalue weighted by Gasteiger charge is -2.23. The topological polar surface area (TPSA) is 86.8 Å². The van der Waals surface area contributed by atoms with Crippen molar-refractivity contribution in [3.63, 3.8) is 0 Å². The predicted molar refractivity (Wildman–Crippen MR) is 79.0 cm³/mol. The van der Waals surface area contributed by atoms with Crippen LogP contribution in [0.4, 0.5) is 5.95 Å². The smallest absolute Gasteiger partial charge is 0.321 e. The highest BCUT2D eigenvalue weighted by Crippen LogP contribution is 2.34. The fourth-order valence-corrected chi connectivity index (χ4v) is 2.67. The summed E-state index contributed by atoms with van der Waals surface area (Å²) in [6.45, 7) is 3.86. The second-order valence-corrected chi connectivity index (χ2v) is 5.49. The molecule has 0 amide bonds. The maximum Gasteiger partial charge on any atom is 0.321 e. The van der Waals surface area contributed by atoms with Gasteiger partial charge in [0, 0.05) is 6.20 Å². The first-order valence-electron chi connectivity index (χ1n) is 7.25. The molecule has 2 aromatic heterocycles. The SMILES string of the molecule is CC(C)Oc1nc(N)nc(C2CCCc3cccnc32)n1. The molecule has 6 nitrogen and oxygen atoms in total. The molecule has 2 N–H and O–H groups in total. The van der Waals surface area contributed by atoms with Crippen molar-refractivity contribution >= 4 is 5.95 Å². The Labute approximate surface area is 123 Å². The number of pyridine rings is 1. The minimum atomic E-state index is -0.00332. The second kappa shape index (κ2) is 5.63. The number of ether oxygens (including phenoxy) is 1. The zero-order chi connectivity index (χ0) is 14.8. The fraction of sp³-hybridized carbons (Fsp3) is 0.467. The van der Waals surface area contributed by atoms with E-state index in [0.29, 0.717) is 5.82 Å². The lowest BCUT2D eigenvalue weighted by Crippen LogP contribution is -2.18. The molecule has 2 heterocycles. The standard InChI is InChI=1S/C15H19N5O/c1-9(2)21-15-19-13(18-14(16)20-15)11-7-3-5-10-6-4-8-17-12(10)11/h4,6,8-9,11H,3,5,7H2,1-2H3,(H2,16,18,19,20). The van der Waals surface area contributed by atoms with Crippen molar-refractivity contribution in [1.82, 2.24) is 19.9 Å². The summed E-state index contributed by atoms with van der Waals surface area (Å²) in [6.07, 6.45) is 4.92. The van der Waals surface area contributed by atoms with Crippen LogP contribution in [0.15, 0.2) is 18.3 Å². The van der Waals surface area contributed by atoms with Gasteiger partial charge in [0.1, 0.15) is 5.82 Å². The van der Waals surface area contributed by atoms with Crippen LogP contribution in [-0.2, 0) is 6.42 Å². The van der Waals surface area contributed by atoms with Crippen molar-refractivity contribution in [2.45, 2.75) is 45.1 Å². The molecule has 0 saturated heterocycles. The number of fused-ring (bicyclic) bond motifs is 1. The minimum Gasteiger partial charge on any atom is -0.461 e. The highest BCUT2D eigenvalue weighted by atomic mass is 16.5. The van der Waals surface area contributed by atoms with E-state index >= 15 is 0 Å². The number of nitrogen functional groups attached to an aromatic ring is 1. The highest BCUT2D eigenvalue weighted by Gasteiger charge is 2.26. The first-order chi connectivity index (χ1) is 10.1. The van der Waals surface area contributed by atoms with E-state index in [9.17, 15) is 0 Å². The molecular weight excluding hydrogens is 266 g/mol. The number of hydrogen-bond donors (Lipinski definition) is 1. The Morgan fingerprint density at radius 2 is 2.14 bits per heavy atom. The quantitative estimate of drug-likeness (QED) is 0.929. The molecule has 1 unspecified atom stereocenters. The van der Waals surface area contributed by atoms with E-state index in [0.717, 1.165) is 25.0 Å². The first-order valence-corrected chi connectivity index (χ1v) is 7.25. The van der Waals surface area contributed by atoms with Crippen LogP contribution in [0.5, 0.6) is 6.01 Å². The Kier molecular flexibility index (Phi) is 3.68. The molecule has 3 rings (SSSR count). The molecule has 0 saturated carbocycles. The molecule has 21 heavy (non-hydrogen) atoms. The van der Waals surface area contributed by atoms with Crippen molar-refractivity contribution < 1.29 is 4.74 Å². The molecule has 2 aromatic rings. The Balaban J connectivity index is 1.99. The number of aromatic nitrogens is 4. The number of anilines is 1. The normalized spacial score (nSPS) is 17.6. The number of rotatable bonds is 3. The summed E-state index contributed by atoms with van der Waals surface area (Å²) in [4.78, 5) is 17.3. The van der Waals surface area contributed by atoms with E-state index in [2.05, 4.69) is 26.0 Å². The molecule has 110 valence electrons. The van der Waals surface area contributed by atoms with Crippen molar-refractivity contribution in [3.8, 4) is 6.01 Å². The minimum absolute atomic E-state index is 0.00332. The molecule has 0 aliphatic heterocycles. The van der Waals surface area contributed by atoms with Crippen LogP contribution in [0.2, 0.25) is 0 Å². The van der Waals surface area contributed by atoms with Crippen molar-refractivity contribution in [2.24, 2.45) is 0 Å². The maximum atomic E-state index is 5.80. The van der Waals surface area contributed by atoms with Crippen molar-refractivity contribution in [3.05, 3.63) is 35.4 Å². The summed E-state index contributed by atoms with van der Waals surface area (Å²) < 4.78 is 5.55. The van der Waals surface area contributed by atoms with Crippen LogP contribution in [0.25, 0.3) is 0 Å². The van der Waals surface area contributed by atoms with Gasteiger partial charge in [-0.25, -0.2) is 0 Å². The van der Waals surface area contributed by atoms with Crippen molar-refractivity contribution in [1.29, 1.82) is 0 Å². The Morgan fingerprint density at radius 3 is 2.95 bits per heavy atom. The molecule has 1 atom stereocenters. The maximum absolute atomic E-state index is 5.80. The van der Waals surface area contributed by atoms with Gasteiger partial charge in [0.2, 0.25) is 5.95 Å². The van der Waals surface area contributed by atoms with Crippen molar-refractivity contribution in [2.75, 3.05) is 5.73 Å². The van der Waals surface area contributed by atoms with Gasteiger partial charge in [-0.05, 0) is 44.7 Å². The van der Waals surface area contributed by atoms with Crippen LogP contribution in [-0.4, -0.2) is 26.0 Å².